The van der Waals surface area contributed by atoms with E-state index < -0.39 is 16.8 Å². The van der Waals surface area contributed by atoms with Gasteiger partial charge in [0.1, 0.15) is 6.04 Å². The normalized spacial score (nSPS) is 13.1. The van der Waals surface area contributed by atoms with Gasteiger partial charge in [-0.2, -0.15) is 11.8 Å². The van der Waals surface area contributed by atoms with Gasteiger partial charge in [0, 0.05) is 24.3 Å². The standard InChI is InChI=1S/C13H26N2O3S/c1-5-15(6-2)10(16)8-7-9-19-13(3,4)11(14)12(17)18/h11H,5-9,14H2,1-4H3,(H,17,18)/t11-/m1/s1. The average molecular weight is 290 g/mol. The molecule has 0 aromatic carbocycles. The Balaban J connectivity index is 4.04. The minimum atomic E-state index is -0.989. The van der Waals surface area contributed by atoms with Crippen LogP contribution in [0.3, 0.4) is 0 Å². The highest BCUT2D eigenvalue weighted by molar-refractivity contribution is 8.00. The third-order valence-electron chi connectivity index (χ3n) is 3.14. The van der Waals surface area contributed by atoms with E-state index in [2.05, 4.69) is 0 Å². The molecular formula is C13H26N2O3S. The van der Waals surface area contributed by atoms with Gasteiger partial charge >= 0.3 is 5.97 Å². The van der Waals surface area contributed by atoms with Crippen LogP contribution in [0.2, 0.25) is 0 Å². The first-order valence-corrected chi connectivity index (χ1v) is 7.64. The third-order valence-corrected chi connectivity index (χ3v) is 4.63. The number of hydrogen-bond donors (Lipinski definition) is 2. The number of rotatable bonds is 9. The van der Waals surface area contributed by atoms with Gasteiger partial charge in [-0.15, -0.1) is 0 Å². The Morgan fingerprint density at radius 1 is 1.32 bits per heavy atom. The van der Waals surface area contributed by atoms with Crippen LogP contribution in [0.1, 0.15) is 40.5 Å². The molecule has 112 valence electrons. The fourth-order valence-electron chi connectivity index (χ4n) is 1.68. The van der Waals surface area contributed by atoms with Gasteiger partial charge in [0.15, 0.2) is 0 Å². The summed E-state index contributed by atoms with van der Waals surface area (Å²) in [4.78, 5) is 24.4. The van der Waals surface area contributed by atoms with Crippen molar-refractivity contribution >= 4 is 23.6 Å². The van der Waals surface area contributed by atoms with Crippen LogP contribution in [-0.2, 0) is 9.59 Å². The Bertz CT molecular complexity index is 304. The highest BCUT2D eigenvalue weighted by Gasteiger charge is 2.32. The molecular weight excluding hydrogens is 264 g/mol. The smallest absolute Gasteiger partial charge is 0.321 e. The van der Waals surface area contributed by atoms with Crippen molar-refractivity contribution in [3.05, 3.63) is 0 Å². The van der Waals surface area contributed by atoms with Crippen molar-refractivity contribution < 1.29 is 14.7 Å². The van der Waals surface area contributed by atoms with E-state index in [-0.39, 0.29) is 5.91 Å². The molecule has 0 fully saturated rings. The highest BCUT2D eigenvalue weighted by atomic mass is 32.2. The van der Waals surface area contributed by atoms with E-state index >= 15 is 0 Å². The summed E-state index contributed by atoms with van der Waals surface area (Å²) >= 11 is 1.51. The minimum Gasteiger partial charge on any atom is -0.480 e. The first-order valence-electron chi connectivity index (χ1n) is 6.66. The zero-order chi connectivity index (χ0) is 15.1. The summed E-state index contributed by atoms with van der Waals surface area (Å²) in [6, 6.07) is -0.893. The number of amides is 1. The first kappa shape index (κ1) is 18.2. The quantitative estimate of drug-likeness (QED) is 0.630. The second-order valence-electron chi connectivity index (χ2n) is 4.94. The van der Waals surface area contributed by atoms with Gasteiger partial charge in [0.05, 0.1) is 0 Å². The van der Waals surface area contributed by atoms with Crippen molar-refractivity contribution in [3.8, 4) is 0 Å². The second-order valence-corrected chi connectivity index (χ2v) is 6.69. The Morgan fingerprint density at radius 2 is 1.84 bits per heavy atom. The molecule has 0 aliphatic heterocycles. The Morgan fingerprint density at radius 3 is 2.26 bits per heavy atom. The van der Waals surface area contributed by atoms with E-state index in [0.29, 0.717) is 6.42 Å². The van der Waals surface area contributed by atoms with Gasteiger partial charge in [-0.3, -0.25) is 9.59 Å². The molecule has 5 nitrogen and oxygen atoms in total. The van der Waals surface area contributed by atoms with Crippen LogP contribution in [0.15, 0.2) is 0 Å². The summed E-state index contributed by atoms with van der Waals surface area (Å²) in [7, 11) is 0. The van der Waals surface area contributed by atoms with Crippen LogP contribution in [0.4, 0.5) is 0 Å². The number of hydrogen-bond acceptors (Lipinski definition) is 4. The maximum atomic E-state index is 11.8. The zero-order valence-corrected chi connectivity index (χ0v) is 13.1. The van der Waals surface area contributed by atoms with Crippen molar-refractivity contribution in [2.24, 2.45) is 5.73 Å². The molecule has 0 saturated carbocycles. The maximum absolute atomic E-state index is 11.8. The van der Waals surface area contributed by atoms with E-state index in [1.165, 1.54) is 11.8 Å². The Labute approximate surface area is 119 Å². The van der Waals surface area contributed by atoms with Crippen LogP contribution in [0.25, 0.3) is 0 Å². The molecule has 0 radical (unpaired) electrons. The Hall–Kier alpha value is -0.750. The minimum absolute atomic E-state index is 0.158. The van der Waals surface area contributed by atoms with Gasteiger partial charge in [-0.05, 0) is 39.9 Å². The van der Waals surface area contributed by atoms with E-state index in [0.717, 1.165) is 25.3 Å². The lowest BCUT2D eigenvalue weighted by Crippen LogP contribution is -2.46. The molecule has 0 spiro atoms. The number of nitrogens with two attached hydrogens (primary N) is 1. The fourth-order valence-corrected chi connectivity index (χ4v) is 2.78. The topological polar surface area (TPSA) is 83.6 Å². The summed E-state index contributed by atoms with van der Waals surface area (Å²) in [5.74, 6) is -0.0938. The predicted octanol–water partition coefficient (Wildman–Crippen LogP) is 1.56. The molecule has 0 aliphatic rings. The maximum Gasteiger partial charge on any atom is 0.321 e. The molecule has 0 aliphatic carbocycles. The SMILES string of the molecule is CCN(CC)C(=O)CCCSC(C)(C)[C@H](N)C(=O)O. The van der Waals surface area contributed by atoms with Gasteiger partial charge in [-0.1, -0.05) is 0 Å². The molecule has 0 saturated heterocycles. The number of carbonyl (C=O) groups is 2. The number of carboxylic acid groups (broad SMARTS) is 1. The molecule has 19 heavy (non-hydrogen) atoms. The average Bonchev–Trinajstić information content (AvgIpc) is 2.35. The second kappa shape index (κ2) is 8.43. The molecule has 6 heteroatoms. The summed E-state index contributed by atoms with van der Waals surface area (Å²) in [5, 5.41) is 8.90. The van der Waals surface area contributed by atoms with Crippen LogP contribution < -0.4 is 5.73 Å². The number of thioether (sulfide) groups is 1. The molecule has 0 rings (SSSR count). The summed E-state index contributed by atoms with van der Waals surface area (Å²) < 4.78 is -0.524. The van der Waals surface area contributed by atoms with Gasteiger partial charge in [0.25, 0.3) is 0 Å². The van der Waals surface area contributed by atoms with Gasteiger partial charge in [0.2, 0.25) is 5.91 Å². The lowest BCUT2D eigenvalue weighted by atomic mass is 10.1. The summed E-state index contributed by atoms with van der Waals surface area (Å²) in [6.07, 6.45) is 1.25. The Kier molecular flexibility index (Phi) is 8.09. The molecule has 0 bridgehead atoms. The summed E-state index contributed by atoms with van der Waals surface area (Å²) in [6.45, 7) is 9.04. The summed E-state index contributed by atoms with van der Waals surface area (Å²) in [5.41, 5.74) is 5.63. The van der Waals surface area contributed by atoms with Crippen molar-refractivity contribution in [1.29, 1.82) is 0 Å². The first-order chi connectivity index (χ1) is 8.76. The number of nitrogens with zero attached hydrogens (tertiary/aromatic N) is 1. The molecule has 0 unspecified atom stereocenters. The molecule has 1 atom stereocenters. The van der Waals surface area contributed by atoms with Crippen LogP contribution in [0.5, 0.6) is 0 Å². The number of carboxylic acids is 1. The lowest BCUT2D eigenvalue weighted by Gasteiger charge is -2.28. The predicted molar refractivity (Wildman–Crippen MR) is 79.3 cm³/mol. The number of aliphatic carboxylic acids is 1. The lowest BCUT2D eigenvalue weighted by molar-refractivity contribution is -0.139. The van der Waals surface area contributed by atoms with E-state index in [9.17, 15) is 9.59 Å². The molecule has 1 amide bonds. The van der Waals surface area contributed by atoms with Crippen molar-refractivity contribution in [1.82, 2.24) is 4.90 Å². The van der Waals surface area contributed by atoms with Crippen LogP contribution in [0, 0.1) is 0 Å². The van der Waals surface area contributed by atoms with Gasteiger partial charge in [-0.25, -0.2) is 0 Å². The molecule has 0 aromatic rings. The van der Waals surface area contributed by atoms with Gasteiger partial charge < -0.3 is 15.7 Å². The van der Waals surface area contributed by atoms with Crippen LogP contribution >= 0.6 is 11.8 Å². The largest absolute Gasteiger partial charge is 0.480 e. The monoisotopic (exact) mass is 290 g/mol. The van der Waals surface area contributed by atoms with Crippen molar-refractivity contribution in [2.75, 3.05) is 18.8 Å². The van der Waals surface area contributed by atoms with E-state index in [1.807, 2.05) is 27.7 Å². The third kappa shape index (κ3) is 6.29. The highest BCUT2D eigenvalue weighted by Crippen LogP contribution is 2.28. The molecule has 0 heterocycles. The fraction of sp³-hybridized carbons (Fsp3) is 0.846. The van der Waals surface area contributed by atoms with E-state index in [4.69, 9.17) is 10.8 Å². The van der Waals surface area contributed by atoms with Crippen molar-refractivity contribution in [3.63, 3.8) is 0 Å². The van der Waals surface area contributed by atoms with Crippen LogP contribution in [-0.4, -0.2) is 51.5 Å². The van der Waals surface area contributed by atoms with Crippen molar-refractivity contribution in [2.45, 2.75) is 51.3 Å². The molecule has 0 aromatic heterocycles. The number of carbonyl (C=O) groups excluding carboxylic acids is 1. The zero-order valence-electron chi connectivity index (χ0n) is 12.3. The molecule has 3 N–H and O–H groups in total. The van der Waals surface area contributed by atoms with E-state index in [1.54, 1.807) is 4.90 Å².